The first-order valence-electron chi connectivity index (χ1n) is 5.19. The minimum absolute atomic E-state index is 0.0690. The molecule has 2 aliphatic rings. The van der Waals surface area contributed by atoms with Crippen LogP contribution in [0.5, 0.6) is 0 Å². The summed E-state index contributed by atoms with van der Waals surface area (Å²) in [6.45, 7) is 4.18. The molecule has 1 saturated heterocycles. The number of aliphatic imine (C=N–C) groups is 1. The predicted molar refractivity (Wildman–Crippen MR) is 59.8 cm³/mol. The molecule has 4 heteroatoms. The summed E-state index contributed by atoms with van der Waals surface area (Å²) in [4.78, 5) is 16.0. The molecule has 78 valence electrons. The summed E-state index contributed by atoms with van der Waals surface area (Å²) in [5.41, 5.74) is 0. The second kappa shape index (κ2) is 3.57. The van der Waals surface area contributed by atoms with E-state index in [4.69, 9.17) is 0 Å². The van der Waals surface area contributed by atoms with Crippen LogP contribution in [0.15, 0.2) is 4.99 Å². The van der Waals surface area contributed by atoms with Crippen LogP contribution < -0.4 is 5.32 Å². The molecular weight excluding hydrogens is 196 g/mol. The van der Waals surface area contributed by atoms with Gasteiger partial charge in [0, 0.05) is 0 Å². The van der Waals surface area contributed by atoms with E-state index < -0.39 is 0 Å². The molecule has 0 saturated carbocycles. The number of amidine groups is 1. The summed E-state index contributed by atoms with van der Waals surface area (Å²) >= 11 is 1.91. The number of hydrogen-bond acceptors (Lipinski definition) is 3. The smallest absolute Gasteiger partial charge is 0.250 e. The Labute approximate surface area is 88.7 Å². The zero-order chi connectivity index (χ0) is 10.2. The fourth-order valence-corrected chi connectivity index (χ4v) is 3.23. The fourth-order valence-electron chi connectivity index (χ4n) is 1.96. The van der Waals surface area contributed by atoms with Gasteiger partial charge in [0.2, 0.25) is 5.91 Å². The third kappa shape index (κ3) is 1.56. The molecule has 2 heterocycles. The largest absolute Gasteiger partial charge is 0.311 e. The summed E-state index contributed by atoms with van der Waals surface area (Å²) in [6.07, 6.45) is 3.16. The highest BCUT2D eigenvalue weighted by Crippen LogP contribution is 2.39. The number of carbonyl (C=O) groups is 1. The first-order valence-corrected chi connectivity index (χ1v) is 6.17. The van der Waals surface area contributed by atoms with E-state index in [-0.39, 0.29) is 16.7 Å². The zero-order valence-electron chi connectivity index (χ0n) is 8.67. The third-order valence-corrected chi connectivity index (χ3v) is 4.46. The highest BCUT2D eigenvalue weighted by atomic mass is 32.2. The Hall–Kier alpha value is -0.510. The van der Waals surface area contributed by atoms with E-state index in [0.717, 1.165) is 18.7 Å². The van der Waals surface area contributed by atoms with E-state index >= 15 is 0 Å². The van der Waals surface area contributed by atoms with Crippen molar-refractivity contribution in [1.29, 1.82) is 0 Å². The Bertz CT molecular complexity index is 282. The minimum Gasteiger partial charge on any atom is -0.311 e. The van der Waals surface area contributed by atoms with Gasteiger partial charge < -0.3 is 5.32 Å². The Morgan fingerprint density at radius 2 is 2.50 bits per heavy atom. The number of thioether (sulfide) groups is 1. The Morgan fingerprint density at radius 1 is 1.71 bits per heavy atom. The lowest BCUT2D eigenvalue weighted by atomic mass is 10.0. The Kier molecular flexibility index (Phi) is 2.56. The second-order valence-corrected chi connectivity index (χ2v) is 5.67. The van der Waals surface area contributed by atoms with Gasteiger partial charge in [0.15, 0.2) is 0 Å². The van der Waals surface area contributed by atoms with Gasteiger partial charge in [-0.15, -0.1) is 11.8 Å². The third-order valence-electron chi connectivity index (χ3n) is 2.94. The lowest BCUT2D eigenvalue weighted by molar-refractivity contribution is -0.120. The normalized spacial score (nSPS) is 37.1. The van der Waals surface area contributed by atoms with Crippen LogP contribution in [0.25, 0.3) is 0 Å². The Morgan fingerprint density at radius 3 is 3.00 bits per heavy atom. The van der Waals surface area contributed by atoms with Crippen LogP contribution in [-0.2, 0) is 4.79 Å². The molecule has 0 bridgehead atoms. The molecule has 2 rings (SSSR count). The molecule has 0 aromatic rings. The highest BCUT2D eigenvalue weighted by molar-refractivity contribution is 8.01. The van der Waals surface area contributed by atoms with Crippen molar-refractivity contribution in [2.45, 2.75) is 43.9 Å². The fraction of sp³-hybridized carbons (Fsp3) is 0.800. The second-order valence-electron chi connectivity index (χ2n) is 4.07. The maximum Gasteiger partial charge on any atom is 0.250 e. The number of amides is 1. The van der Waals surface area contributed by atoms with Gasteiger partial charge in [-0.1, -0.05) is 6.92 Å². The molecular formula is C10H16N2OS. The maximum atomic E-state index is 11.5. The molecule has 0 aromatic carbocycles. The lowest BCUT2D eigenvalue weighted by Crippen LogP contribution is -2.40. The van der Waals surface area contributed by atoms with Crippen molar-refractivity contribution in [3.05, 3.63) is 0 Å². The van der Waals surface area contributed by atoms with E-state index in [0.29, 0.717) is 0 Å². The molecule has 14 heavy (non-hydrogen) atoms. The monoisotopic (exact) mass is 212 g/mol. The quantitative estimate of drug-likeness (QED) is 0.755. The Balaban J connectivity index is 2.16. The van der Waals surface area contributed by atoms with Crippen molar-refractivity contribution in [1.82, 2.24) is 5.32 Å². The van der Waals surface area contributed by atoms with Gasteiger partial charge in [-0.2, -0.15) is 0 Å². The highest BCUT2D eigenvalue weighted by Gasteiger charge is 2.40. The zero-order valence-corrected chi connectivity index (χ0v) is 9.49. The molecule has 0 aromatic heterocycles. The van der Waals surface area contributed by atoms with Crippen molar-refractivity contribution in [2.75, 3.05) is 5.75 Å². The average molecular weight is 212 g/mol. The van der Waals surface area contributed by atoms with Gasteiger partial charge in [0.25, 0.3) is 0 Å². The molecule has 1 N–H and O–H groups in total. The summed E-state index contributed by atoms with van der Waals surface area (Å²) in [7, 11) is 0. The van der Waals surface area contributed by atoms with Gasteiger partial charge in [0.05, 0.1) is 4.75 Å². The molecule has 3 nitrogen and oxygen atoms in total. The van der Waals surface area contributed by atoms with Crippen LogP contribution >= 0.6 is 11.8 Å². The standard InChI is InChI=1S/C10H16N2OS/c1-3-7-8(13)12-9(11-7)10(2)5-4-6-14-10/h7H,3-6H2,1-2H3,(H,11,12,13). The minimum atomic E-state index is -0.136. The molecule has 1 fully saturated rings. The predicted octanol–water partition coefficient (Wildman–Crippen LogP) is 1.58. The van der Waals surface area contributed by atoms with Gasteiger partial charge in [-0.05, 0) is 31.9 Å². The van der Waals surface area contributed by atoms with E-state index in [9.17, 15) is 4.79 Å². The van der Waals surface area contributed by atoms with E-state index in [2.05, 4.69) is 17.2 Å². The van der Waals surface area contributed by atoms with Crippen LogP contribution in [0.2, 0.25) is 0 Å². The number of nitrogens with zero attached hydrogens (tertiary/aromatic N) is 1. The molecule has 2 unspecified atom stereocenters. The van der Waals surface area contributed by atoms with Crippen LogP contribution in [0.1, 0.15) is 33.1 Å². The van der Waals surface area contributed by atoms with Gasteiger partial charge in [-0.3, -0.25) is 9.79 Å². The molecule has 1 amide bonds. The SMILES string of the molecule is CCC1N=C(C2(C)CCCS2)NC1=O. The molecule has 0 spiro atoms. The topological polar surface area (TPSA) is 41.5 Å². The van der Waals surface area contributed by atoms with Gasteiger partial charge >= 0.3 is 0 Å². The summed E-state index contributed by atoms with van der Waals surface area (Å²) in [5.74, 6) is 2.18. The first-order chi connectivity index (χ1) is 6.65. The van der Waals surface area contributed by atoms with Gasteiger partial charge in [0.1, 0.15) is 11.9 Å². The number of carbonyl (C=O) groups excluding carboxylic acids is 1. The van der Waals surface area contributed by atoms with Crippen LogP contribution in [0.3, 0.4) is 0 Å². The molecule has 0 aliphatic carbocycles. The maximum absolute atomic E-state index is 11.5. The number of nitrogens with one attached hydrogen (secondary N) is 1. The van der Waals surface area contributed by atoms with Crippen LogP contribution in [-0.4, -0.2) is 28.3 Å². The van der Waals surface area contributed by atoms with E-state index in [1.807, 2.05) is 18.7 Å². The number of rotatable bonds is 2. The van der Waals surface area contributed by atoms with Crippen molar-refractivity contribution >= 4 is 23.5 Å². The molecule has 2 aliphatic heterocycles. The number of hydrogen-bond donors (Lipinski definition) is 1. The van der Waals surface area contributed by atoms with Crippen molar-refractivity contribution in [2.24, 2.45) is 4.99 Å². The van der Waals surface area contributed by atoms with Crippen LogP contribution in [0.4, 0.5) is 0 Å². The summed E-state index contributed by atoms with van der Waals surface area (Å²) < 4.78 is 0.0690. The first kappa shape index (κ1) is 10.0. The van der Waals surface area contributed by atoms with E-state index in [1.54, 1.807) is 0 Å². The molecule has 2 atom stereocenters. The average Bonchev–Trinajstić information content (AvgIpc) is 2.73. The van der Waals surface area contributed by atoms with Crippen molar-refractivity contribution < 1.29 is 4.79 Å². The summed E-state index contributed by atoms with van der Waals surface area (Å²) in [5, 5.41) is 2.93. The van der Waals surface area contributed by atoms with Crippen molar-refractivity contribution in [3.8, 4) is 0 Å². The van der Waals surface area contributed by atoms with E-state index in [1.165, 1.54) is 12.2 Å². The van der Waals surface area contributed by atoms with Crippen LogP contribution in [0, 0.1) is 0 Å². The summed E-state index contributed by atoms with van der Waals surface area (Å²) in [6, 6.07) is -0.136. The lowest BCUT2D eigenvalue weighted by Gasteiger charge is -2.21. The van der Waals surface area contributed by atoms with Crippen molar-refractivity contribution in [3.63, 3.8) is 0 Å². The molecule has 0 radical (unpaired) electrons. The van der Waals surface area contributed by atoms with Gasteiger partial charge in [-0.25, -0.2) is 0 Å².